The van der Waals surface area contributed by atoms with Gasteiger partial charge in [0.15, 0.2) is 10.5 Å². The van der Waals surface area contributed by atoms with Crippen molar-refractivity contribution < 1.29 is 14.3 Å². The molecule has 0 spiro atoms. The van der Waals surface area contributed by atoms with Gasteiger partial charge in [-0.3, -0.25) is 0 Å². The molecule has 0 aliphatic heterocycles. The lowest BCUT2D eigenvalue weighted by atomic mass is 10.2. The zero-order valence-corrected chi connectivity index (χ0v) is 12.8. The van der Waals surface area contributed by atoms with Crippen molar-refractivity contribution in [2.75, 3.05) is 13.7 Å². The molecule has 0 fully saturated rings. The predicted molar refractivity (Wildman–Crippen MR) is 74.6 cm³/mol. The number of rotatable bonds is 3. The first-order valence-electron chi connectivity index (χ1n) is 4.97. The third-order valence-electron chi connectivity index (χ3n) is 2.37. The van der Waals surface area contributed by atoms with Crippen LogP contribution in [0.5, 0.6) is 5.75 Å². The van der Waals surface area contributed by atoms with E-state index in [1.54, 1.807) is 0 Å². The first kappa shape index (κ1) is 13.6. The fourth-order valence-corrected chi connectivity index (χ4v) is 3.14. The van der Waals surface area contributed by atoms with E-state index in [2.05, 4.69) is 25.7 Å². The highest BCUT2D eigenvalue weighted by atomic mass is 79.9. The minimum Gasteiger partial charge on any atom is -0.482 e. The van der Waals surface area contributed by atoms with Crippen molar-refractivity contribution in [3.63, 3.8) is 0 Å². The van der Waals surface area contributed by atoms with Crippen LogP contribution in [0.3, 0.4) is 0 Å². The average molecular weight is 351 g/mol. The van der Waals surface area contributed by atoms with Crippen molar-refractivity contribution >= 4 is 55.1 Å². The number of nitrogens with zero attached hydrogens (tertiary/aromatic N) is 1. The largest absolute Gasteiger partial charge is 0.482 e. The Balaban J connectivity index is 2.38. The number of fused-ring (bicyclic) bond motifs is 1. The van der Waals surface area contributed by atoms with Crippen LogP contribution in [0.2, 0.25) is 5.02 Å². The molecule has 2 rings (SSSR count). The molecule has 0 aliphatic rings. The second-order valence-electron chi connectivity index (χ2n) is 3.49. The van der Waals surface area contributed by atoms with Crippen molar-refractivity contribution in [2.24, 2.45) is 0 Å². The molecule has 18 heavy (non-hydrogen) atoms. The Morgan fingerprint density at radius 3 is 3.00 bits per heavy atom. The number of esters is 1. The molecule has 0 N–H and O–H groups in total. The van der Waals surface area contributed by atoms with Crippen LogP contribution in [-0.2, 0) is 9.53 Å². The van der Waals surface area contributed by atoms with Gasteiger partial charge in [0, 0.05) is 11.6 Å². The summed E-state index contributed by atoms with van der Waals surface area (Å²) in [5.41, 5.74) is 1.49. The first-order chi connectivity index (χ1) is 8.52. The zero-order chi connectivity index (χ0) is 13.3. The molecule has 0 saturated heterocycles. The summed E-state index contributed by atoms with van der Waals surface area (Å²) in [6.45, 7) is 1.68. The van der Waals surface area contributed by atoms with Crippen molar-refractivity contribution in [1.82, 2.24) is 4.98 Å². The molecule has 2 aromatic rings. The highest BCUT2D eigenvalue weighted by Gasteiger charge is 2.14. The number of aromatic nitrogens is 1. The van der Waals surface area contributed by atoms with E-state index >= 15 is 0 Å². The Labute approximate surface area is 121 Å². The Bertz CT molecular complexity index is 614. The molecular formula is C11H9BrClNO3S. The number of hydrogen-bond donors (Lipinski definition) is 0. The van der Waals surface area contributed by atoms with Crippen molar-refractivity contribution in [1.29, 1.82) is 0 Å². The lowest BCUT2D eigenvalue weighted by molar-refractivity contribution is -0.142. The van der Waals surface area contributed by atoms with Crippen molar-refractivity contribution in [3.8, 4) is 5.75 Å². The van der Waals surface area contributed by atoms with Gasteiger partial charge in [-0.15, -0.1) is 11.3 Å². The Morgan fingerprint density at radius 2 is 2.33 bits per heavy atom. The molecule has 1 aromatic carbocycles. The lowest BCUT2D eigenvalue weighted by Gasteiger charge is -2.09. The van der Waals surface area contributed by atoms with Crippen LogP contribution in [0.25, 0.3) is 10.2 Å². The summed E-state index contributed by atoms with van der Waals surface area (Å²) in [5, 5.41) is 0.536. The standard InChI is InChI=1S/C11H9BrClNO3S/c1-5-6(17-4-8(15)16-2)3-7-10(9(5)13)14-11(12)18-7/h3H,4H2,1-2H3. The van der Waals surface area contributed by atoms with Crippen LogP contribution in [0, 0.1) is 6.92 Å². The molecule has 0 atom stereocenters. The third-order valence-corrected chi connectivity index (χ3v) is 4.29. The molecule has 0 unspecified atom stereocenters. The SMILES string of the molecule is COC(=O)COc1cc2sc(Br)nc2c(Cl)c1C. The van der Waals surface area contributed by atoms with Gasteiger partial charge in [0.2, 0.25) is 0 Å². The molecule has 7 heteroatoms. The van der Waals surface area contributed by atoms with Crippen LogP contribution >= 0.6 is 38.9 Å². The molecule has 1 aromatic heterocycles. The molecule has 0 aliphatic carbocycles. The topological polar surface area (TPSA) is 48.4 Å². The summed E-state index contributed by atoms with van der Waals surface area (Å²) in [6.07, 6.45) is 0. The van der Waals surface area contributed by atoms with Gasteiger partial charge >= 0.3 is 5.97 Å². The normalized spacial score (nSPS) is 10.7. The number of halogens is 2. The Morgan fingerprint density at radius 1 is 1.61 bits per heavy atom. The number of hydrogen-bond acceptors (Lipinski definition) is 5. The number of thiazole rings is 1. The monoisotopic (exact) mass is 349 g/mol. The second-order valence-corrected chi connectivity index (χ2v) is 6.18. The fraction of sp³-hybridized carbons (Fsp3) is 0.273. The molecule has 4 nitrogen and oxygen atoms in total. The van der Waals surface area contributed by atoms with Gasteiger partial charge in [0.25, 0.3) is 0 Å². The average Bonchev–Trinajstić information content (AvgIpc) is 2.72. The summed E-state index contributed by atoms with van der Waals surface area (Å²) in [4.78, 5) is 15.3. The summed E-state index contributed by atoms with van der Waals surface area (Å²) in [7, 11) is 1.31. The van der Waals surface area contributed by atoms with Gasteiger partial charge in [0.05, 0.1) is 16.8 Å². The van der Waals surface area contributed by atoms with Gasteiger partial charge < -0.3 is 9.47 Å². The fourth-order valence-electron chi connectivity index (χ4n) is 1.42. The van der Waals surface area contributed by atoms with E-state index in [-0.39, 0.29) is 6.61 Å². The van der Waals surface area contributed by atoms with E-state index < -0.39 is 5.97 Å². The van der Waals surface area contributed by atoms with Crippen LogP contribution in [0.4, 0.5) is 0 Å². The Kier molecular flexibility index (Phi) is 4.09. The van der Waals surface area contributed by atoms with E-state index in [4.69, 9.17) is 16.3 Å². The number of ether oxygens (including phenoxy) is 2. The van der Waals surface area contributed by atoms with Crippen LogP contribution < -0.4 is 4.74 Å². The minimum atomic E-state index is -0.434. The van der Waals surface area contributed by atoms with E-state index in [9.17, 15) is 4.79 Å². The van der Waals surface area contributed by atoms with Gasteiger partial charge in [-0.25, -0.2) is 9.78 Å². The van der Waals surface area contributed by atoms with Gasteiger partial charge in [-0.1, -0.05) is 11.6 Å². The van der Waals surface area contributed by atoms with Gasteiger partial charge in [-0.05, 0) is 22.9 Å². The summed E-state index contributed by atoms with van der Waals surface area (Å²) < 4.78 is 11.6. The summed E-state index contributed by atoms with van der Waals surface area (Å²) >= 11 is 11.0. The van der Waals surface area contributed by atoms with Gasteiger partial charge in [0.1, 0.15) is 11.3 Å². The molecule has 0 bridgehead atoms. The van der Waals surface area contributed by atoms with Gasteiger partial charge in [-0.2, -0.15) is 0 Å². The number of benzene rings is 1. The molecule has 1 heterocycles. The van der Waals surface area contributed by atoms with Crippen LogP contribution in [0.1, 0.15) is 5.56 Å². The molecule has 96 valence electrons. The van der Waals surface area contributed by atoms with E-state index in [0.717, 1.165) is 19.7 Å². The minimum absolute atomic E-state index is 0.140. The lowest BCUT2D eigenvalue weighted by Crippen LogP contribution is -2.13. The maximum Gasteiger partial charge on any atom is 0.343 e. The summed E-state index contributed by atoms with van der Waals surface area (Å²) in [6, 6.07) is 1.82. The van der Waals surface area contributed by atoms with Crippen molar-refractivity contribution in [3.05, 3.63) is 20.6 Å². The predicted octanol–water partition coefficient (Wildman–Crippen LogP) is 3.57. The number of methoxy groups -OCH3 is 1. The quantitative estimate of drug-likeness (QED) is 0.794. The highest BCUT2D eigenvalue weighted by molar-refractivity contribution is 9.11. The van der Waals surface area contributed by atoms with E-state index in [1.165, 1.54) is 18.4 Å². The van der Waals surface area contributed by atoms with E-state index in [1.807, 2.05) is 13.0 Å². The van der Waals surface area contributed by atoms with Crippen LogP contribution in [0.15, 0.2) is 9.98 Å². The molecule has 0 saturated carbocycles. The highest BCUT2D eigenvalue weighted by Crippen LogP contribution is 2.37. The Hall–Kier alpha value is -0.850. The summed E-state index contributed by atoms with van der Waals surface area (Å²) in [5.74, 6) is 0.130. The first-order valence-corrected chi connectivity index (χ1v) is 6.96. The number of carbonyl (C=O) groups is 1. The smallest absolute Gasteiger partial charge is 0.343 e. The second kappa shape index (κ2) is 5.42. The number of carbonyl (C=O) groups excluding carboxylic acids is 1. The van der Waals surface area contributed by atoms with Crippen LogP contribution in [-0.4, -0.2) is 24.7 Å². The van der Waals surface area contributed by atoms with Crippen molar-refractivity contribution in [2.45, 2.75) is 6.92 Å². The molecule has 0 radical (unpaired) electrons. The maximum atomic E-state index is 11.1. The molecule has 0 amide bonds. The van der Waals surface area contributed by atoms with E-state index in [0.29, 0.717) is 10.8 Å². The zero-order valence-electron chi connectivity index (χ0n) is 9.62. The maximum absolute atomic E-state index is 11.1. The third kappa shape index (κ3) is 2.60. The molecular weight excluding hydrogens is 342 g/mol.